The normalized spacial score (nSPS) is 19.2. The van der Waals surface area contributed by atoms with Gasteiger partial charge in [0.05, 0.1) is 12.7 Å². The Balaban J connectivity index is 1.39. The topological polar surface area (TPSA) is 103 Å². The third-order valence-electron chi connectivity index (χ3n) is 5.27. The van der Waals surface area contributed by atoms with Crippen molar-refractivity contribution in [3.05, 3.63) is 61.2 Å². The van der Waals surface area contributed by atoms with Gasteiger partial charge in [-0.15, -0.1) is 0 Å². The Kier molecular flexibility index (Phi) is 4.58. The Morgan fingerprint density at radius 1 is 1.03 bits per heavy atom. The monoisotopic (exact) mass is 404 g/mol. The highest BCUT2D eigenvalue weighted by atomic mass is 16.5. The van der Waals surface area contributed by atoms with E-state index in [0.29, 0.717) is 18.2 Å². The molecule has 0 bridgehead atoms. The quantitative estimate of drug-likeness (QED) is 0.511. The fourth-order valence-electron chi connectivity index (χ4n) is 3.71. The van der Waals surface area contributed by atoms with Crippen molar-refractivity contribution < 1.29 is 9.53 Å². The first-order chi connectivity index (χ1) is 14.7. The molecule has 152 valence electrons. The number of hydrogen-bond acceptors (Lipinski definition) is 7. The molecule has 2 atom stereocenters. The van der Waals surface area contributed by atoms with E-state index in [0.717, 1.165) is 18.4 Å². The van der Waals surface area contributed by atoms with Crippen LogP contribution in [0.3, 0.4) is 0 Å². The maximum Gasteiger partial charge on any atom is 0.276 e. The molecule has 0 unspecified atom stereocenters. The molecule has 30 heavy (non-hydrogen) atoms. The highest BCUT2D eigenvalue weighted by Gasteiger charge is 2.33. The van der Waals surface area contributed by atoms with E-state index < -0.39 is 0 Å². The molecule has 1 aliphatic heterocycles. The largest absolute Gasteiger partial charge is 0.471 e. The van der Waals surface area contributed by atoms with Gasteiger partial charge in [0.1, 0.15) is 11.6 Å². The van der Waals surface area contributed by atoms with Gasteiger partial charge in [0.15, 0.2) is 11.5 Å². The second-order valence-corrected chi connectivity index (χ2v) is 7.20. The summed E-state index contributed by atoms with van der Waals surface area (Å²) in [7, 11) is 0. The van der Waals surface area contributed by atoms with Crippen LogP contribution < -0.4 is 4.74 Å². The zero-order valence-corrected chi connectivity index (χ0v) is 16.4. The molecule has 0 aromatic carbocycles. The van der Waals surface area contributed by atoms with Gasteiger partial charge in [-0.1, -0.05) is 0 Å². The number of ether oxygens (including phenoxy) is 1. The molecule has 1 amide bonds. The molecule has 4 aromatic rings. The Morgan fingerprint density at radius 2 is 1.93 bits per heavy atom. The third kappa shape index (κ3) is 3.25. The number of likely N-dealkylation sites (tertiary alicyclic amines) is 1. The summed E-state index contributed by atoms with van der Waals surface area (Å²) >= 11 is 0. The summed E-state index contributed by atoms with van der Waals surface area (Å²) < 4.78 is 9.44. The van der Waals surface area contributed by atoms with Gasteiger partial charge < -0.3 is 9.64 Å². The molecule has 10 nitrogen and oxygen atoms in total. The van der Waals surface area contributed by atoms with Crippen molar-refractivity contribution in [2.75, 3.05) is 6.54 Å². The van der Waals surface area contributed by atoms with Gasteiger partial charge >= 0.3 is 0 Å². The molecular formula is C20H20N8O2. The number of amides is 1. The van der Waals surface area contributed by atoms with E-state index in [1.807, 2.05) is 13.0 Å². The molecule has 5 rings (SSSR count). The van der Waals surface area contributed by atoms with Crippen molar-refractivity contribution in [1.29, 1.82) is 0 Å². The lowest BCUT2D eigenvalue weighted by molar-refractivity contribution is 0.0370. The lowest BCUT2D eigenvalue weighted by Gasteiger charge is -2.37. The van der Waals surface area contributed by atoms with Crippen molar-refractivity contribution in [3.8, 4) is 11.7 Å². The van der Waals surface area contributed by atoms with E-state index in [4.69, 9.17) is 4.74 Å². The first-order valence-electron chi connectivity index (χ1n) is 9.77. The van der Waals surface area contributed by atoms with Crippen LogP contribution in [0.1, 0.15) is 30.3 Å². The molecule has 10 heteroatoms. The summed E-state index contributed by atoms with van der Waals surface area (Å²) in [5, 5.41) is 8.40. The Labute approximate surface area is 172 Å². The summed E-state index contributed by atoms with van der Waals surface area (Å²) in [6, 6.07) is 3.69. The highest BCUT2D eigenvalue weighted by molar-refractivity contribution is 5.95. The standard InChI is InChI=1S/C20H20N8O2/c1-14-3-4-15(30-19-16-5-7-25-27(16)12-10-23-19)13-26(14)20(29)17-18(22-9-8-21-17)28-11-2-6-24-28/h2,5-12,14-15H,3-4,13H2,1H3/t14-,15-/m1/s1. The minimum absolute atomic E-state index is 0.0588. The van der Waals surface area contributed by atoms with Crippen LogP contribution in [-0.4, -0.2) is 63.8 Å². The molecule has 0 spiro atoms. The molecular weight excluding hydrogens is 384 g/mol. The van der Waals surface area contributed by atoms with E-state index >= 15 is 0 Å². The number of piperidine rings is 1. The summed E-state index contributed by atoms with van der Waals surface area (Å²) in [5.74, 6) is 0.733. The summed E-state index contributed by atoms with van der Waals surface area (Å²) in [6.45, 7) is 2.47. The minimum Gasteiger partial charge on any atom is -0.471 e. The molecule has 0 saturated carbocycles. The molecule has 0 aliphatic carbocycles. The van der Waals surface area contributed by atoms with Crippen molar-refractivity contribution in [3.63, 3.8) is 0 Å². The number of fused-ring (bicyclic) bond motifs is 1. The average molecular weight is 404 g/mol. The van der Waals surface area contributed by atoms with Gasteiger partial charge in [-0.25, -0.2) is 24.1 Å². The number of carbonyl (C=O) groups excluding carboxylic acids is 1. The second-order valence-electron chi connectivity index (χ2n) is 7.20. The van der Waals surface area contributed by atoms with Crippen LogP contribution in [0.5, 0.6) is 5.88 Å². The van der Waals surface area contributed by atoms with E-state index in [1.54, 1.807) is 57.3 Å². The fourth-order valence-corrected chi connectivity index (χ4v) is 3.71. The van der Waals surface area contributed by atoms with E-state index in [2.05, 4.69) is 25.1 Å². The van der Waals surface area contributed by atoms with Crippen molar-refractivity contribution in [2.45, 2.75) is 31.9 Å². The van der Waals surface area contributed by atoms with Crippen LogP contribution in [0, 0.1) is 0 Å². The van der Waals surface area contributed by atoms with Gasteiger partial charge in [-0.05, 0) is 31.9 Å². The number of hydrogen-bond donors (Lipinski definition) is 0. The molecule has 5 heterocycles. The van der Waals surface area contributed by atoms with Gasteiger partial charge in [-0.3, -0.25) is 4.79 Å². The smallest absolute Gasteiger partial charge is 0.276 e. The third-order valence-corrected chi connectivity index (χ3v) is 5.27. The first-order valence-corrected chi connectivity index (χ1v) is 9.77. The lowest BCUT2D eigenvalue weighted by Crippen LogP contribution is -2.49. The van der Waals surface area contributed by atoms with Crippen LogP contribution in [0.25, 0.3) is 11.3 Å². The summed E-state index contributed by atoms with van der Waals surface area (Å²) in [4.78, 5) is 28.2. The molecule has 0 N–H and O–H groups in total. The maximum atomic E-state index is 13.4. The van der Waals surface area contributed by atoms with E-state index in [1.165, 1.54) is 6.20 Å². The van der Waals surface area contributed by atoms with Crippen LogP contribution in [0.2, 0.25) is 0 Å². The van der Waals surface area contributed by atoms with Gasteiger partial charge in [0.2, 0.25) is 5.88 Å². The number of rotatable bonds is 4. The van der Waals surface area contributed by atoms with E-state index in [-0.39, 0.29) is 23.7 Å². The molecule has 0 radical (unpaired) electrons. The Bertz CT molecular complexity index is 1170. The van der Waals surface area contributed by atoms with Gasteiger partial charge in [0, 0.05) is 43.2 Å². The fraction of sp³-hybridized carbons (Fsp3) is 0.300. The average Bonchev–Trinajstić information content (AvgIpc) is 3.47. The minimum atomic E-state index is -0.190. The molecule has 1 fully saturated rings. The first kappa shape index (κ1) is 18.2. The lowest BCUT2D eigenvalue weighted by atomic mass is 10.0. The molecule has 1 saturated heterocycles. The molecule has 1 aliphatic rings. The van der Waals surface area contributed by atoms with Gasteiger partial charge in [0.25, 0.3) is 5.91 Å². The van der Waals surface area contributed by atoms with Crippen molar-refractivity contribution >= 4 is 11.4 Å². The number of carbonyl (C=O) groups is 1. The van der Waals surface area contributed by atoms with Crippen molar-refractivity contribution in [1.82, 2.24) is 39.2 Å². The SMILES string of the molecule is C[C@@H]1CC[C@@H](Oc2nccn3nccc23)CN1C(=O)c1nccnc1-n1cccn1. The molecule has 4 aromatic heterocycles. The van der Waals surface area contributed by atoms with Crippen molar-refractivity contribution in [2.24, 2.45) is 0 Å². The summed E-state index contributed by atoms with van der Waals surface area (Å²) in [6.07, 6.45) is 13.0. The zero-order chi connectivity index (χ0) is 20.5. The Hall–Kier alpha value is -3.82. The predicted octanol–water partition coefficient (Wildman–Crippen LogP) is 1.78. The number of aromatic nitrogens is 7. The Morgan fingerprint density at radius 3 is 2.80 bits per heavy atom. The second kappa shape index (κ2) is 7.54. The summed E-state index contributed by atoms with van der Waals surface area (Å²) in [5.41, 5.74) is 1.06. The highest BCUT2D eigenvalue weighted by Crippen LogP contribution is 2.25. The van der Waals surface area contributed by atoms with Gasteiger partial charge in [-0.2, -0.15) is 10.2 Å². The van der Waals surface area contributed by atoms with Crippen LogP contribution in [0.15, 0.2) is 55.5 Å². The van der Waals surface area contributed by atoms with Crippen LogP contribution in [-0.2, 0) is 0 Å². The van der Waals surface area contributed by atoms with Crippen LogP contribution in [0.4, 0.5) is 0 Å². The van der Waals surface area contributed by atoms with Crippen LogP contribution >= 0.6 is 0 Å². The van der Waals surface area contributed by atoms with E-state index in [9.17, 15) is 4.79 Å². The maximum absolute atomic E-state index is 13.4. The predicted molar refractivity (Wildman–Crippen MR) is 106 cm³/mol. The zero-order valence-electron chi connectivity index (χ0n) is 16.4. The number of nitrogens with zero attached hydrogens (tertiary/aromatic N) is 8.